The maximum Gasteiger partial charge on any atom is 0.264 e. The normalized spacial score (nSPS) is 12.1. The number of anilines is 1. The van der Waals surface area contributed by atoms with Crippen molar-refractivity contribution in [2.45, 2.75) is 58.0 Å². The van der Waals surface area contributed by atoms with Crippen molar-refractivity contribution >= 4 is 55.1 Å². The standard InChI is InChI=1S/C30H35BrClN3O4S/c1-5-6-17-33-30(37)23(4)34(19-24-9-7-10-25(31)18-24)29(36)20-35(28-12-8-11-27(32)22(28)3)40(38,39)26-15-13-21(2)14-16-26/h7-16,18,23H,5-6,17,19-20H2,1-4H3,(H,33,37)/t23-/m1/s1. The van der Waals surface area contributed by atoms with Crippen LogP contribution in [0.5, 0.6) is 0 Å². The molecular formula is C30H35BrClN3O4S. The highest BCUT2D eigenvalue weighted by Gasteiger charge is 2.33. The van der Waals surface area contributed by atoms with Gasteiger partial charge in [-0.15, -0.1) is 0 Å². The van der Waals surface area contributed by atoms with Gasteiger partial charge in [-0.1, -0.05) is 76.8 Å². The lowest BCUT2D eigenvalue weighted by Crippen LogP contribution is -2.51. The monoisotopic (exact) mass is 647 g/mol. The topological polar surface area (TPSA) is 86.8 Å². The van der Waals surface area contributed by atoms with Crippen molar-refractivity contribution in [1.82, 2.24) is 10.2 Å². The van der Waals surface area contributed by atoms with Gasteiger partial charge in [0, 0.05) is 22.6 Å². The second kappa shape index (κ2) is 14.1. The Bertz CT molecular complexity index is 1450. The van der Waals surface area contributed by atoms with Gasteiger partial charge in [0.15, 0.2) is 0 Å². The summed E-state index contributed by atoms with van der Waals surface area (Å²) in [5, 5.41) is 3.27. The average Bonchev–Trinajstić information content (AvgIpc) is 2.92. The molecule has 0 radical (unpaired) electrons. The molecule has 0 unspecified atom stereocenters. The van der Waals surface area contributed by atoms with Crippen LogP contribution >= 0.6 is 27.5 Å². The first-order valence-electron chi connectivity index (χ1n) is 13.1. The van der Waals surface area contributed by atoms with Crippen molar-refractivity contribution in [1.29, 1.82) is 0 Å². The van der Waals surface area contributed by atoms with E-state index in [9.17, 15) is 18.0 Å². The Morgan fingerprint density at radius 3 is 2.35 bits per heavy atom. The number of halogens is 2. The lowest BCUT2D eigenvalue weighted by atomic mass is 10.1. The summed E-state index contributed by atoms with van der Waals surface area (Å²) < 4.78 is 29.9. The van der Waals surface area contributed by atoms with Crippen molar-refractivity contribution in [2.24, 2.45) is 0 Å². The molecule has 10 heteroatoms. The first kappa shape index (κ1) is 31.6. The van der Waals surface area contributed by atoms with E-state index < -0.39 is 28.5 Å². The van der Waals surface area contributed by atoms with E-state index >= 15 is 0 Å². The van der Waals surface area contributed by atoms with Crippen molar-refractivity contribution in [3.8, 4) is 0 Å². The SMILES string of the molecule is CCCCNC(=O)[C@@H](C)N(Cc1cccc(Br)c1)C(=O)CN(c1cccc(Cl)c1C)S(=O)(=O)c1ccc(C)cc1. The molecule has 0 bridgehead atoms. The Hall–Kier alpha value is -2.88. The highest BCUT2D eigenvalue weighted by atomic mass is 79.9. The smallest absolute Gasteiger partial charge is 0.264 e. The van der Waals surface area contributed by atoms with Gasteiger partial charge >= 0.3 is 0 Å². The van der Waals surface area contributed by atoms with Crippen molar-refractivity contribution < 1.29 is 18.0 Å². The minimum Gasteiger partial charge on any atom is -0.354 e. The predicted molar refractivity (Wildman–Crippen MR) is 164 cm³/mol. The molecule has 3 rings (SSSR count). The Morgan fingerprint density at radius 1 is 1.02 bits per heavy atom. The number of hydrogen-bond acceptors (Lipinski definition) is 4. The lowest BCUT2D eigenvalue weighted by molar-refractivity contribution is -0.139. The quantitative estimate of drug-likeness (QED) is 0.235. The maximum atomic E-state index is 14.0. The van der Waals surface area contributed by atoms with Crippen LogP contribution in [0.15, 0.2) is 76.1 Å². The van der Waals surface area contributed by atoms with Gasteiger partial charge in [0.25, 0.3) is 10.0 Å². The molecule has 0 fully saturated rings. The minimum atomic E-state index is -4.16. The number of nitrogens with zero attached hydrogens (tertiary/aromatic N) is 2. The number of carbonyl (C=O) groups excluding carboxylic acids is 2. The number of rotatable bonds is 12. The third-order valence-corrected chi connectivity index (χ3v) is 9.31. The molecule has 3 aromatic carbocycles. The van der Waals surface area contributed by atoms with Crippen LogP contribution in [0.1, 0.15) is 43.4 Å². The summed E-state index contributed by atoms with van der Waals surface area (Å²) in [6, 6.07) is 18.0. The number of aryl methyl sites for hydroxylation is 1. The summed E-state index contributed by atoms with van der Waals surface area (Å²) in [4.78, 5) is 28.5. The van der Waals surface area contributed by atoms with Crippen molar-refractivity contribution in [3.05, 3.63) is 92.9 Å². The molecule has 1 N–H and O–H groups in total. The second-order valence-corrected chi connectivity index (χ2v) is 12.9. The number of carbonyl (C=O) groups is 2. The molecule has 1 atom stereocenters. The number of hydrogen-bond donors (Lipinski definition) is 1. The van der Waals surface area contributed by atoms with Crippen LogP contribution in [0.25, 0.3) is 0 Å². The van der Waals surface area contributed by atoms with Gasteiger partial charge in [-0.25, -0.2) is 8.42 Å². The molecule has 0 aliphatic heterocycles. The van der Waals surface area contributed by atoms with Gasteiger partial charge in [-0.2, -0.15) is 0 Å². The van der Waals surface area contributed by atoms with Crippen LogP contribution in [0, 0.1) is 13.8 Å². The van der Waals surface area contributed by atoms with Gasteiger partial charge < -0.3 is 10.2 Å². The summed E-state index contributed by atoms with van der Waals surface area (Å²) >= 11 is 9.83. The van der Waals surface area contributed by atoms with E-state index in [-0.39, 0.29) is 17.3 Å². The first-order valence-corrected chi connectivity index (χ1v) is 15.7. The van der Waals surface area contributed by atoms with Gasteiger partial charge in [-0.3, -0.25) is 13.9 Å². The zero-order chi connectivity index (χ0) is 29.4. The maximum absolute atomic E-state index is 14.0. The predicted octanol–water partition coefficient (Wildman–Crippen LogP) is 6.25. The molecule has 214 valence electrons. The van der Waals surface area contributed by atoms with E-state index in [1.807, 2.05) is 38.1 Å². The molecule has 40 heavy (non-hydrogen) atoms. The molecule has 0 aliphatic carbocycles. The van der Waals surface area contributed by atoms with Crippen molar-refractivity contribution in [3.63, 3.8) is 0 Å². The number of unbranched alkanes of at least 4 members (excludes halogenated alkanes) is 1. The summed E-state index contributed by atoms with van der Waals surface area (Å²) in [7, 11) is -4.16. The first-order chi connectivity index (χ1) is 18.9. The van der Waals surface area contributed by atoms with Crippen LogP contribution in [-0.2, 0) is 26.2 Å². The molecule has 0 saturated heterocycles. The highest BCUT2D eigenvalue weighted by Crippen LogP contribution is 2.31. The van der Waals surface area contributed by atoms with Gasteiger partial charge in [0.1, 0.15) is 12.6 Å². The Kier molecular flexibility index (Phi) is 11.2. The molecule has 0 aromatic heterocycles. The summed E-state index contributed by atoms with van der Waals surface area (Å²) in [6.45, 7) is 7.36. The number of amides is 2. The number of benzene rings is 3. The fourth-order valence-electron chi connectivity index (χ4n) is 4.17. The van der Waals surface area contributed by atoms with Crippen LogP contribution in [0.3, 0.4) is 0 Å². The Balaban J connectivity index is 2.04. The molecular weight excluding hydrogens is 614 g/mol. The Morgan fingerprint density at radius 2 is 1.70 bits per heavy atom. The Labute approximate surface area is 250 Å². The molecule has 7 nitrogen and oxygen atoms in total. The van der Waals surface area contributed by atoms with E-state index in [0.29, 0.717) is 22.8 Å². The van der Waals surface area contributed by atoms with Crippen molar-refractivity contribution in [2.75, 3.05) is 17.4 Å². The molecule has 2 amide bonds. The lowest BCUT2D eigenvalue weighted by Gasteiger charge is -2.32. The van der Waals surface area contributed by atoms with Crippen LogP contribution < -0.4 is 9.62 Å². The minimum absolute atomic E-state index is 0.0502. The van der Waals surface area contributed by atoms with E-state index in [4.69, 9.17) is 11.6 Å². The van der Waals surface area contributed by atoms with Gasteiger partial charge in [0.05, 0.1) is 10.6 Å². The largest absolute Gasteiger partial charge is 0.354 e. The average molecular weight is 649 g/mol. The highest BCUT2D eigenvalue weighted by molar-refractivity contribution is 9.10. The van der Waals surface area contributed by atoms with E-state index in [2.05, 4.69) is 21.2 Å². The van der Waals surface area contributed by atoms with E-state index in [1.165, 1.54) is 17.0 Å². The summed E-state index contributed by atoms with van der Waals surface area (Å²) in [6.07, 6.45) is 1.73. The third kappa shape index (κ3) is 7.86. The van der Waals surface area contributed by atoms with Crippen LogP contribution in [-0.4, -0.2) is 44.3 Å². The second-order valence-electron chi connectivity index (χ2n) is 9.68. The van der Waals surface area contributed by atoms with Crippen LogP contribution in [0.2, 0.25) is 5.02 Å². The molecule has 0 spiro atoms. The third-order valence-electron chi connectivity index (χ3n) is 6.63. The fraction of sp³-hybridized carbons (Fsp3) is 0.333. The number of sulfonamides is 1. The van der Waals surface area contributed by atoms with Gasteiger partial charge in [-0.05, 0) is 74.7 Å². The molecule has 0 saturated carbocycles. The van der Waals surface area contributed by atoms with E-state index in [1.54, 1.807) is 44.2 Å². The van der Waals surface area contributed by atoms with Crippen LogP contribution in [0.4, 0.5) is 5.69 Å². The number of nitrogens with one attached hydrogen (secondary N) is 1. The van der Waals surface area contributed by atoms with E-state index in [0.717, 1.165) is 32.7 Å². The van der Waals surface area contributed by atoms with Gasteiger partial charge in [0.2, 0.25) is 11.8 Å². The molecule has 0 heterocycles. The summed E-state index contributed by atoms with van der Waals surface area (Å²) in [5.41, 5.74) is 2.52. The zero-order valence-corrected chi connectivity index (χ0v) is 26.3. The fourth-order valence-corrected chi connectivity index (χ4v) is 6.26. The summed E-state index contributed by atoms with van der Waals surface area (Å²) in [5.74, 6) is -0.822. The molecule has 3 aromatic rings. The zero-order valence-electron chi connectivity index (χ0n) is 23.2. The molecule has 0 aliphatic rings.